The van der Waals surface area contributed by atoms with Gasteiger partial charge in [-0.2, -0.15) is 5.26 Å². The highest BCUT2D eigenvalue weighted by Gasteiger charge is 2.44. The fraction of sp³-hybridized carbons (Fsp3) is 0.273. The number of nitrogens with zero attached hydrogens (tertiary/aromatic N) is 2. The lowest BCUT2D eigenvalue weighted by Crippen LogP contribution is -2.02. The summed E-state index contributed by atoms with van der Waals surface area (Å²) in [5.41, 5.74) is 7.15. The smallest absolute Gasteiger partial charge is 0.141 e. The van der Waals surface area contributed by atoms with Gasteiger partial charge < -0.3 is 9.84 Å². The Kier molecular flexibility index (Phi) is 3.81. The summed E-state index contributed by atoms with van der Waals surface area (Å²) in [5.74, 6) is 0.827. The number of nitriles is 1. The maximum atomic E-state index is 9.34. The Bertz CT molecular complexity index is 985. The molecule has 0 spiro atoms. The molecule has 0 radical (unpaired) electrons. The van der Waals surface area contributed by atoms with Gasteiger partial charge in [-0.1, -0.05) is 29.4 Å². The van der Waals surface area contributed by atoms with Crippen molar-refractivity contribution in [2.45, 2.75) is 39.0 Å². The van der Waals surface area contributed by atoms with Gasteiger partial charge >= 0.3 is 0 Å². The molecular weight excluding hydrogens is 322 g/mol. The van der Waals surface area contributed by atoms with Crippen LogP contribution >= 0.6 is 0 Å². The molecule has 0 unspecified atom stereocenters. The van der Waals surface area contributed by atoms with Gasteiger partial charge in [0.1, 0.15) is 5.76 Å². The standard InChI is InChI=1S/C22H21N3O/c1-14-4-5-17(21-15(2)25-26-16(21)3)12-20(14)24-19-8-6-18(7-9-19)22(13-23)10-11-22/h4-9,12,24H,10-11H2,1-3H3. The molecule has 2 aromatic carbocycles. The number of nitrogens with one attached hydrogen (secondary N) is 1. The molecule has 4 rings (SSSR count). The molecule has 4 heteroatoms. The number of hydrogen-bond donors (Lipinski definition) is 1. The van der Waals surface area contributed by atoms with Crippen molar-refractivity contribution in [2.75, 3.05) is 5.32 Å². The summed E-state index contributed by atoms with van der Waals surface area (Å²) in [6.07, 6.45) is 1.93. The highest BCUT2D eigenvalue weighted by Crippen LogP contribution is 2.47. The fourth-order valence-corrected chi connectivity index (χ4v) is 3.43. The summed E-state index contributed by atoms with van der Waals surface area (Å²) in [6.45, 7) is 5.98. The van der Waals surface area contributed by atoms with Crippen LogP contribution in [0.5, 0.6) is 0 Å². The van der Waals surface area contributed by atoms with Crippen molar-refractivity contribution < 1.29 is 4.52 Å². The zero-order valence-corrected chi connectivity index (χ0v) is 15.3. The largest absolute Gasteiger partial charge is 0.361 e. The van der Waals surface area contributed by atoms with E-state index in [1.165, 1.54) is 5.56 Å². The van der Waals surface area contributed by atoms with Gasteiger partial charge in [-0.25, -0.2) is 0 Å². The molecule has 0 aliphatic heterocycles. The van der Waals surface area contributed by atoms with E-state index in [0.717, 1.165) is 52.4 Å². The van der Waals surface area contributed by atoms with Crippen LogP contribution in [0.25, 0.3) is 11.1 Å². The Morgan fingerprint density at radius 2 is 1.81 bits per heavy atom. The highest BCUT2D eigenvalue weighted by molar-refractivity contribution is 5.75. The Morgan fingerprint density at radius 3 is 2.38 bits per heavy atom. The van der Waals surface area contributed by atoms with E-state index in [2.05, 4.69) is 65.9 Å². The second-order valence-electron chi connectivity index (χ2n) is 7.13. The van der Waals surface area contributed by atoms with Crippen molar-refractivity contribution >= 4 is 11.4 Å². The third kappa shape index (κ3) is 2.76. The Morgan fingerprint density at radius 1 is 1.08 bits per heavy atom. The van der Waals surface area contributed by atoms with Gasteiger partial charge in [-0.15, -0.1) is 0 Å². The van der Waals surface area contributed by atoms with E-state index in [0.29, 0.717) is 0 Å². The zero-order valence-electron chi connectivity index (χ0n) is 15.3. The van der Waals surface area contributed by atoms with E-state index in [1.807, 2.05) is 13.8 Å². The summed E-state index contributed by atoms with van der Waals surface area (Å²) < 4.78 is 5.30. The molecule has 130 valence electrons. The second-order valence-corrected chi connectivity index (χ2v) is 7.13. The lowest BCUT2D eigenvalue weighted by molar-refractivity contribution is 0.393. The molecule has 1 N–H and O–H groups in total. The highest BCUT2D eigenvalue weighted by atomic mass is 16.5. The third-order valence-electron chi connectivity index (χ3n) is 5.24. The molecule has 1 aromatic heterocycles. The zero-order chi connectivity index (χ0) is 18.3. The number of hydrogen-bond acceptors (Lipinski definition) is 4. The van der Waals surface area contributed by atoms with Crippen LogP contribution in [-0.2, 0) is 5.41 Å². The van der Waals surface area contributed by atoms with Crippen molar-refractivity contribution in [1.82, 2.24) is 5.16 Å². The molecular formula is C22H21N3O. The summed E-state index contributed by atoms with van der Waals surface area (Å²) in [4.78, 5) is 0. The Hall–Kier alpha value is -3.06. The first-order valence-electron chi connectivity index (χ1n) is 8.85. The summed E-state index contributed by atoms with van der Waals surface area (Å²) in [7, 11) is 0. The van der Waals surface area contributed by atoms with Crippen molar-refractivity contribution in [1.29, 1.82) is 5.26 Å². The molecule has 1 aliphatic rings. The molecule has 26 heavy (non-hydrogen) atoms. The first-order chi connectivity index (χ1) is 12.5. The molecule has 4 nitrogen and oxygen atoms in total. The average molecular weight is 343 g/mol. The first-order valence-corrected chi connectivity index (χ1v) is 8.85. The van der Waals surface area contributed by atoms with E-state index in [9.17, 15) is 5.26 Å². The SMILES string of the molecule is Cc1ccc(-c2c(C)noc2C)cc1Nc1ccc(C2(C#N)CC2)cc1. The second kappa shape index (κ2) is 6.03. The number of benzene rings is 2. The normalized spacial score (nSPS) is 14.7. The van der Waals surface area contributed by atoms with Crippen LogP contribution < -0.4 is 5.32 Å². The van der Waals surface area contributed by atoms with Gasteiger partial charge in [0, 0.05) is 16.9 Å². The average Bonchev–Trinajstić information content (AvgIpc) is 3.38. The van der Waals surface area contributed by atoms with Crippen LogP contribution in [-0.4, -0.2) is 5.16 Å². The number of anilines is 2. The van der Waals surface area contributed by atoms with E-state index < -0.39 is 0 Å². The fourth-order valence-electron chi connectivity index (χ4n) is 3.43. The quantitative estimate of drug-likeness (QED) is 0.673. The first kappa shape index (κ1) is 16.4. The monoisotopic (exact) mass is 343 g/mol. The van der Waals surface area contributed by atoms with E-state index in [-0.39, 0.29) is 5.41 Å². The molecule has 0 saturated heterocycles. The number of rotatable bonds is 4. The van der Waals surface area contributed by atoms with Gasteiger partial charge in [0.2, 0.25) is 0 Å². The van der Waals surface area contributed by atoms with Crippen LogP contribution in [0.1, 0.15) is 35.4 Å². The van der Waals surface area contributed by atoms with Crippen LogP contribution in [0, 0.1) is 32.1 Å². The van der Waals surface area contributed by atoms with Gasteiger partial charge in [-0.3, -0.25) is 0 Å². The van der Waals surface area contributed by atoms with Gasteiger partial charge in [0.25, 0.3) is 0 Å². The molecule has 1 heterocycles. The van der Waals surface area contributed by atoms with Crippen LogP contribution in [0.4, 0.5) is 11.4 Å². The molecule has 3 aromatic rings. The van der Waals surface area contributed by atoms with Gasteiger partial charge in [0.15, 0.2) is 0 Å². The van der Waals surface area contributed by atoms with Crippen molar-refractivity contribution in [3.8, 4) is 17.2 Å². The van der Waals surface area contributed by atoms with E-state index >= 15 is 0 Å². The molecule has 0 bridgehead atoms. The summed E-state index contributed by atoms with van der Waals surface area (Å²) >= 11 is 0. The maximum Gasteiger partial charge on any atom is 0.141 e. The van der Waals surface area contributed by atoms with E-state index in [1.54, 1.807) is 0 Å². The topological polar surface area (TPSA) is 61.9 Å². The maximum absolute atomic E-state index is 9.34. The van der Waals surface area contributed by atoms with Crippen LogP contribution in [0.15, 0.2) is 47.0 Å². The van der Waals surface area contributed by atoms with Gasteiger partial charge in [-0.05, 0) is 68.5 Å². The molecule has 0 atom stereocenters. The molecule has 1 aliphatic carbocycles. The van der Waals surface area contributed by atoms with Crippen molar-refractivity contribution in [2.24, 2.45) is 0 Å². The molecule has 0 amide bonds. The molecule has 1 fully saturated rings. The predicted molar refractivity (Wildman–Crippen MR) is 102 cm³/mol. The van der Waals surface area contributed by atoms with Crippen molar-refractivity contribution in [3.05, 3.63) is 65.0 Å². The Balaban J connectivity index is 1.62. The van der Waals surface area contributed by atoms with Gasteiger partial charge in [0.05, 0.1) is 17.2 Å². The van der Waals surface area contributed by atoms with Crippen LogP contribution in [0.2, 0.25) is 0 Å². The predicted octanol–water partition coefficient (Wildman–Crippen LogP) is 5.57. The van der Waals surface area contributed by atoms with Crippen LogP contribution in [0.3, 0.4) is 0 Å². The minimum atomic E-state index is -0.238. The summed E-state index contributed by atoms with van der Waals surface area (Å²) in [5, 5.41) is 16.9. The Labute approximate surface area is 153 Å². The minimum Gasteiger partial charge on any atom is -0.361 e. The van der Waals surface area contributed by atoms with Crippen molar-refractivity contribution in [3.63, 3.8) is 0 Å². The summed E-state index contributed by atoms with van der Waals surface area (Å²) in [6, 6.07) is 17.0. The third-order valence-corrected chi connectivity index (χ3v) is 5.24. The number of aryl methyl sites for hydroxylation is 3. The lowest BCUT2D eigenvalue weighted by Gasteiger charge is -2.13. The molecule has 1 saturated carbocycles. The minimum absolute atomic E-state index is 0.238. The number of aromatic nitrogens is 1. The van der Waals surface area contributed by atoms with E-state index in [4.69, 9.17) is 4.52 Å². The lowest BCUT2D eigenvalue weighted by atomic mass is 9.97.